The van der Waals surface area contributed by atoms with E-state index in [0.717, 1.165) is 0 Å². The molecule has 0 unspecified atom stereocenters. The first-order chi connectivity index (χ1) is 15.0. The van der Waals surface area contributed by atoms with Crippen LogP contribution in [0.3, 0.4) is 0 Å². The van der Waals surface area contributed by atoms with E-state index in [1.54, 1.807) is 66.9 Å². The molecule has 1 N–H and O–H groups in total. The van der Waals surface area contributed by atoms with Crippen LogP contribution >= 0.6 is 11.6 Å². The number of benzene rings is 2. The number of aliphatic hydroxyl groups is 1. The van der Waals surface area contributed by atoms with Crippen LogP contribution in [0.2, 0.25) is 5.02 Å². The Balaban J connectivity index is 1.89. The zero-order valence-corrected chi connectivity index (χ0v) is 17.4. The van der Waals surface area contributed by atoms with E-state index in [2.05, 4.69) is 4.98 Å². The number of hydrogen-bond acceptors (Lipinski definition) is 5. The van der Waals surface area contributed by atoms with Gasteiger partial charge in [0.25, 0.3) is 11.7 Å². The molecular formula is C24H19ClN2O4. The quantitative estimate of drug-likeness (QED) is 0.356. The molecule has 0 bridgehead atoms. The van der Waals surface area contributed by atoms with Crippen LogP contribution in [-0.2, 0) is 9.59 Å². The van der Waals surface area contributed by atoms with Gasteiger partial charge in [0.2, 0.25) is 0 Å². The smallest absolute Gasteiger partial charge is 0.300 e. The number of pyridine rings is 1. The third-order valence-electron chi connectivity index (χ3n) is 4.99. The van der Waals surface area contributed by atoms with Crippen molar-refractivity contribution in [2.45, 2.75) is 13.0 Å². The van der Waals surface area contributed by atoms with Gasteiger partial charge in [-0.15, -0.1) is 0 Å². The number of rotatable bonds is 5. The molecule has 2 aromatic carbocycles. The maximum atomic E-state index is 13.0. The Labute approximate surface area is 184 Å². The number of carbonyl (C=O) groups is 2. The number of ketones is 1. The minimum Gasteiger partial charge on any atom is -0.507 e. The van der Waals surface area contributed by atoms with Crippen LogP contribution in [0.15, 0.2) is 78.6 Å². The lowest BCUT2D eigenvalue weighted by Gasteiger charge is -2.25. The summed E-state index contributed by atoms with van der Waals surface area (Å²) in [5, 5.41) is 11.5. The van der Waals surface area contributed by atoms with Crippen molar-refractivity contribution >= 4 is 34.7 Å². The van der Waals surface area contributed by atoms with Gasteiger partial charge in [0.05, 0.1) is 30.1 Å². The second-order valence-corrected chi connectivity index (χ2v) is 7.33. The fourth-order valence-corrected chi connectivity index (χ4v) is 3.71. The maximum absolute atomic E-state index is 13.0. The molecule has 0 spiro atoms. The molecule has 2 heterocycles. The molecule has 0 saturated carbocycles. The van der Waals surface area contributed by atoms with E-state index in [1.165, 1.54) is 11.1 Å². The minimum absolute atomic E-state index is 0.000311. The van der Waals surface area contributed by atoms with Crippen LogP contribution < -0.4 is 9.64 Å². The molecule has 4 rings (SSSR count). The van der Waals surface area contributed by atoms with Crippen LogP contribution in [0.4, 0.5) is 5.69 Å². The van der Waals surface area contributed by atoms with Crippen molar-refractivity contribution in [2.75, 3.05) is 11.5 Å². The van der Waals surface area contributed by atoms with Gasteiger partial charge < -0.3 is 9.84 Å². The highest BCUT2D eigenvalue weighted by molar-refractivity contribution is 6.51. The molecule has 0 radical (unpaired) electrons. The van der Waals surface area contributed by atoms with Crippen molar-refractivity contribution in [1.82, 2.24) is 4.98 Å². The molecule has 1 aromatic heterocycles. The number of carbonyl (C=O) groups excluding carboxylic acids is 2. The molecule has 7 heteroatoms. The fourth-order valence-electron chi connectivity index (χ4n) is 3.59. The Morgan fingerprint density at radius 1 is 1.10 bits per heavy atom. The lowest BCUT2D eigenvalue weighted by atomic mass is 9.95. The Bertz CT molecular complexity index is 1140. The molecule has 0 aliphatic carbocycles. The summed E-state index contributed by atoms with van der Waals surface area (Å²) in [4.78, 5) is 31.5. The summed E-state index contributed by atoms with van der Waals surface area (Å²) in [6.45, 7) is 2.40. The predicted molar refractivity (Wildman–Crippen MR) is 118 cm³/mol. The number of hydrogen-bond donors (Lipinski definition) is 1. The highest BCUT2D eigenvalue weighted by Gasteiger charge is 2.47. The van der Waals surface area contributed by atoms with Crippen LogP contribution in [0, 0.1) is 0 Å². The Morgan fingerprint density at radius 3 is 2.42 bits per heavy atom. The van der Waals surface area contributed by atoms with Gasteiger partial charge in [0.15, 0.2) is 0 Å². The van der Waals surface area contributed by atoms with Gasteiger partial charge in [-0.25, -0.2) is 0 Å². The van der Waals surface area contributed by atoms with Crippen molar-refractivity contribution in [1.29, 1.82) is 0 Å². The zero-order chi connectivity index (χ0) is 22.0. The monoisotopic (exact) mass is 434 g/mol. The van der Waals surface area contributed by atoms with Crippen LogP contribution in [0.1, 0.15) is 24.1 Å². The number of halogens is 1. The van der Waals surface area contributed by atoms with E-state index in [0.29, 0.717) is 34.2 Å². The lowest BCUT2D eigenvalue weighted by Crippen LogP contribution is -2.29. The molecule has 1 saturated heterocycles. The molecule has 1 amide bonds. The molecule has 1 aliphatic heterocycles. The van der Waals surface area contributed by atoms with Crippen molar-refractivity contribution in [2.24, 2.45) is 0 Å². The molecule has 156 valence electrons. The van der Waals surface area contributed by atoms with Crippen molar-refractivity contribution in [3.63, 3.8) is 0 Å². The van der Waals surface area contributed by atoms with Gasteiger partial charge in [-0.1, -0.05) is 23.7 Å². The Kier molecular flexibility index (Phi) is 5.73. The lowest BCUT2D eigenvalue weighted by molar-refractivity contribution is -0.132. The van der Waals surface area contributed by atoms with Crippen molar-refractivity contribution < 1.29 is 19.4 Å². The summed E-state index contributed by atoms with van der Waals surface area (Å²) in [6, 6.07) is 16.1. The van der Waals surface area contributed by atoms with E-state index < -0.39 is 17.7 Å². The molecule has 1 fully saturated rings. The van der Waals surface area contributed by atoms with Gasteiger partial charge >= 0.3 is 0 Å². The van der Waals surface area contributed by atoms with E-state index in [4.69, 9.17) is 16.3 Å². The second-order valence-electron chi connectivity index (χ2n) is 6.89. The Hall–Kier alpha value is -3.64. The third-order valence-corrected chi connectivity index (χ3v) is 5.24. The summed E-state index contributed by atoms with van der Waals surface area (Å²) in [6.07, 6.45) is 3.09. The number of aliphatic hydroxyl groups excluding tert-OH is 1. The summed E-state index contributed by atoms with van der Waals surface area (Å²) in [7, 11) is 0. The number of nitrogens with zero attached hydrogens (tertiary/aromatic N) is 2. The number of aromatic nitrogens is 1. The first kappa shape index (κ1) is 20.6. The normalized spacial score (nSPS) is 17.7. The first-order valence-electron chi connectivity index (χ1n) is 9.71. The summed E-state index contributed by atoms with van der Waals surface area (Å²) < 4.78 is 5.50. The number of Topliss-reactive ketones (excluding diaryl/α,β-unsaturated/α-hetero) is 1. The Morgan fingerprint density at radius 2 is 1.81 bits per heavy atom. The van der Waals surface area contributed by atoms with Crippen LogP contribution in [0.25, 0.3) is 5.76 Å². The van der Waals surface area contributed by atoms with Gasteiger partial charge in [0.1, 0.15) is 11.5 Å². The van der Waals surface area contributed by atoms with E-state index >= 15 is 0 Å². The molecular weight excluding hydrogens is 416 g/mol. The summed E-state index contributed by atoms with van der Waals surface area (Å²) in [5.41, 5.74) is 1.51. The number of anilines is 1. The SMILES string of the molecule is CCOc1ccc([C@H]2C(=C(O)c3ccc(Cl)cc3)C(=O)C(=O)N2c2cccnc2)cc1. The molecule has 6 nitrogen and oxygen atoms in total. The molecule has 31 heavy (non-hydrogen) atoms. The highest BCUT2D eigenvalue weighted by atomic mass is 35.5. The van der Waals surface area contributed by atoms with Gasteiger partial charge in [-0.3, -0.25) is 19.5 Å². The van der Waals surface area contributed by atoms with E-state index in [1.807, 2.05) is 6.92 Å². The molecule has 3 aromatic rings. The maximum Gasteiger partial charge on any atom is 0.300 e. The van der Waals surface area contributed by atoms with Crippen molar-refractivity contribution in [3.05, 3.63) is 94.8 Å². The van der Waals surface area contributed by atoms with Gasteiger partial charge in [0, 0.05) is 16.8 Å². The van der Waals surface area contributed by atoms with E-state index in [9.17, 15) is 14.7 Å². The predicted octanol–water partition coefficient (Wildman–Crippen LogP) is 4.76. The number of ether oxygens (including phenoxy) is 1. The van der Waals surface area contributed by atoms with Crippen LogP contribution in [-0.4, -0.2) is 28.4 Å². The largest absolute Gasteiger partial charge is 0.507 e. The first-order valence-corrected chi connectivity index (χ1v) is 10.1. The minimum atomic E-state index is -0.824. The standard InChI is InChI=1S/C24H19ClN2O4/c1-2-31-19-11-7-15(8-12-19)21-20(22(28)16-5-9-17(25)10-6-16)23(29)24(30)27(21)18-4-3-13-26-14-18/h3-14,21,28H,2H2,1H3/t21-/m0/s1. The van der Waals surface area contributed by atoms with Gasteiger partial charge in [-0.05, 0) is 61.0 Å². The summed E-state index contributed by atoms with van der Waals surface area (Å²) in [5.74, 6) is -1.10. The fraction of sp³-hybridized carbons (Fsp3) is 0.125. The average molecular weight is 435 g/mol. The second kappa shape index (κ2) is 8.62. The zero-order valence-electron chi connectivity index (χ0n) is 16.7. The number of amides is 1. The van der Waals surface area contributed by atoms with Crippen LogP contribution in [0.5, 0.6) is 5.75 Å². The summed E-state index contributed by atoms with van der Waals surface area (Å²) >= 11 is 5.95. The third kappa shape index (κ3) is 3.90. The average Bonchev–Trinajstić information content (AvgIpc) is 3.06. The molecule has 1 aliphatic rings. The van der Waals surface area contributed by atoms with Crippen molar-refractivity contribution in [3.8, 4) is 5.75 Å². The topological polar surface area (TPSA) is 79.7 Å². The molecule has 1 atom stereocenters. The highest BCUT2D eigenvalue weighted by Crippen LogP contribution is 2.42. The van der Waals surface area contributed by atoms with E-state index in [-0.39, 0.29) is 11.3 Å². The van der Waals surface area contributed by atoms with Gasteiger partial charge in [-0.2, -0.15) is 0 Å².